The molecule has 1 aliphatic heterocycles. The zero-order valence-electron chi connectivity index (χ0n) is 11.7. The van der Waals surface area contributed by atoms with Crippen molar-refractivity contribution in [1.29, 1.82) is 0 Å². The number of rotatable bonds is 2. The number of imidazole rings is 1. The topological polar surface area (TPSA) is 69.2 Å². The molecule has 3 rings (SSSR count). The molecule has 0 aliphatic carbocycles. The molecule has 0 atom stereocenters. The van der Waals surface area contributed by atoms with E-state index in [0.717, 1.165) is 18.0 Å². The van der Waals surface area contributed by atoms with E-state index in [2.05, 4.69) is 9.97 Å². The zero-order valence-corrected chi connectivity index (χ0v) is 11.7. The second-order valence-corrected chi connectivity index (χ2v) is 5.30. The van der Waals surface area contributed by atoms with E-state index in [4.69, 9.17) is 0 Å². The first-order chi connectivity index (χ1) is 10.6. The van der Waals surface area contributed by atoms with Crippen LogP contribution in [0.4, 0.5) is 8.78 Å². The number of aromatic nitrogens is 2. The summed E-state index contributed by atoms with van der Waals surface area (Å²) in [5, 5.41) is 9.31. The van der Waals surface area contributed by atoms with E-state index in [1.54, 1.807) is 12.4 Å². The number of phenols is 1. The lowest BCUT2D eigenvalue weighted by molar-refractivity contribution is 0.0700. The van der Waals surface area contributed by atoms with Gasteiger partial charge in [0.1, 0.15) is 17.2 Å². The third-order valence-electron chi connectivity index (χ3n) is 3.97. The van der Waals surface area contributed by atoms with Crippen LogP contribution in [-0.4, -0.2) is 39.0 Å². The van der Waals surface area contributed by atoms with Crippen LogP contribution >= 0.6 is 0 Å². The van der Waals surface area contributed by atoms with Gasteiger partial charge in [-0.25, -0.2) is 13.8 Å². The van der Waals surface area contributed by atoms with Crippen molar-refractivity contribution in [3.05, 3.63) is 47.5 Å². The molecule has 2 N–H and O–H groups in total. The molecule has 1 aliphatic rings. The summed E-state index contributed by atoms with van der Waals surface area (Å²) in [4.78, 5) is 20.9. The van der Waals surface area contributed by atoms with Crippen LogP contribution in [0.15, 0.2) is 24.5 Å². The Morgan fingerprint density at radius 2 is 2.05 bits per heavy atom. The van der Waals surface area contributed by atoms with Crippen LogP contribution in [0.5, 0.6) is 5.75 Å². The van der Waals surface area contributed by atoms with Crippen molar-refractivity contribution in [1.82, 2.24) is 14.9 Å². The number of piperidine rings is 1. The molecule has 116 valence electrons. The molecule has 2 aromatic rings. The first kappa shape index (κ1) is 14.5. The third-order valence-corrected chi connectivity index (χ3v) is 3.97. The van der Waals surface area contributed by atoms with Gasteiger partial charge in [0.2, 0.25) is 0 Å². The Hall–Kier alpha value is -2.44. The normalized spacial score (nSPS) is 16.0. The van der Waals surface area contributed by atoms with Crippen molar-refractivity contribution in [2.45, 2.75) is 18.8 Å². The number of H-pyrrole nitrogens is 1. The highest BCUT2D eigenvalue weighted by Crippen LogP contribution is 2.28. The van der Waals surface area contributed by atoms with Crippen LogP contribution in [0.2, 0.25) is 0 Å². The summed E-state index contributed by atoms with van der Waals surface area (Å²) in [6, 6.07) is 1.78. The highest BCUT2D eigenvalue weighted by atomic mass is 19.1. The number of nitrogens with one attached hydrogen (secondary N) is 1. The number of phenolic OH excluding ortho intramolecular Hbond substituents is 1. The van der Waals surface area contributed by atoms with E-state index in [1.807, 2.05) is 0 Å². The van der Waals surface area contributed by atoms with Crippen molar-refractivity contribution in [2.24, 2.45) is 0 Å². The van der Waals surface area contributed by atoms with Gasteiger partial charge in [0.05, 0.1) is 0 Å². The van der Waals surface area contributed by atoms with Crippen molar-refractivity contribution < 1.29 is 18.7 Å². The lowest BCUT2D eigenvalue weighted by atomic mass is 9.95. The molecular formula is C15H15F2N3O2. The van der Waals surface area contributed by atoms with Gasteiger partial charge in [0, 0.05) is 31.4 Å². The van der Waals surface area contributed by atoms with Gasteiger partial charge in [-0.05, 0) is 25.0 Å². The predicted molar refractivity (Wildman–Crippen MR) is 74.5 cm³/mol. The van der Waals surface area contributed by atoms with Crippen molar-refractivity contribution in [3.63, 3.8) is 0 Å². The minimum atomic E-state index is -1.21. The van der Waals surface area contributed by atoms with E-state index in [0.29, 0.717) is 25.9 Å². The number of carbonyl (C=O) groups excluding carboxylic acids is 1. The SMILES string of the molecule is O=C(c1c(F)ccc(O)c1F)N1CCC(c2ncc[nH]2)CC1. The lowest BCUT2D eigenvalue weighted by Crippen LogP contribution is -2.39. The molecule has 1 amide bonds. The van der Waals surface area contributed by atoms with Gasteiger partial charge in [-0.3, -0.25) is 4.79 Å². The first-order valence-corrected chi connectivity index (χ1v) is 7.03. The average molecular weight is 307 g/mol. The largest absolute Gasteiger partial charge is 0.505 e. The highest BCUT2D eigenvalue weighted by Gasteiger charge is 2.29. The Labute approximate surface area is 125 Å². The summed E-state index contributed by atoms with van der Waals surface area (Å²) in [7, 11) is 0. The molecule has 0 radical (unpaired) electrons. The van der Waals surface area contributed by atoms with Crippen LogP contribution in [-0.2, 0) is 0 Å². The fourth-order valence-electron chi connectivity index (χ4n) is 2.75. The summed E-state index contributed by atoms with van der Waals surface area (Å²) < 4.78 is 27.5. The van der Waals surface area contributed by atoms with Crippen LogP contribution in [0.25, 0.3) is 0 Å². The number of nitrogens with zero attached hydrogens (tertiary/aromatic N) is 2. The molecule has 0 bridgehead atoms. The molecule has 1 aromatic carbocycles. The number of benzene rings is 1. The molecule has 1 saturated heterocycles. The Kier molecular flexibility index (Phi) is 3.79. The predicted octanol–water partition coefficient (Wildman–Crippen LogP) is 2.41. The second-order valence-electron chi connectivity index (χ2n) is 5.30. The van der Waals surface area contributed by atoms with E-state index in [1.165, 1.54) is 4.90 Å². The van der Waals surface area contributed by atoms with Crippen LogP contribution in [0.3, 0.4) is 0 Å². The quantitative estimate of drug-likeness (QED) is 0.895. The number of aromatic amines is 1. The van der Waals surface area contributed by atoms with E-state index in [9.17, 15) is 18.7 Å². The molecular weight excluding hydrogens is 292 g/mol. The maximum atomic E-state index is 13.8. The molecule has 5 nitrogen and oxygen atoms in total. The van der Waals surface area contributed by atoms with E-state index < -0.39 is 28.9 Å². The summed E-state index contributed by atoms with van der Waals surface area (Å²) in [5.41, 5.74) is -0.698. The maximum absolute atomic E-state index is 13.8. The standard InChI is InChI=1S/C15H15F2N3O2/c16-10-1-2-11(21)13(17)12(10)15(22)20-7-3-9(4-8-20)14-18-5-6-19-14/h1-2,5-6,9,21H,3-4,7-8H2,(H,18,19). The van der Waals surface area contributed by atoms with Gasteiger partial charge in [0.15, 0.2) is 11.6 Å². The number of carbonyl (C=O) groups is 1. The van der Waals surface area contributed by atoms with Gasteiger partial charge in [-0.2, -0.15) is 0 Å². The molecule has 0 saturated carbocycles. The van der Waals surface area contributed by atoms with Gasteiger partial charge in [-0.1, -0.05) is 0 Å². The number of hydrogen-bond donors (Lipinski definition) is 2. The zero-order chi connectivity index (χ0) is 15.7. The average Bonchev–Trinajstić information content (AvgIpc) is 3.06. The minimum Gasteiger partial charge on any atom is -0.505 e. The molecule has 22 heavy (non-hydrogen) atoms. The molecule has 0 spiro atoms. The van der Waals surface area contributed by atoms with Crippen LogP contribution in [0.1, 0.15) is 34.9 Å². The number of aromatic hydroxyl groups is 1. The van der Waals surface area contributed by atoms with Crippen molar-refractivity contribution >= 4 is 5.91 Å². The van der Waals surface area contributed by atoms with Gasteiger partial charge in [0.25, 0.3) is 5.91 Å². The highest BCUT2D eigenvalue weighted by molar-refractivity contribution is 5.95. The molecule has 1 fully saturated rings. The summed E-state index contributed by atoms with van der Waals surface area (Å²) in [6.07, 6.45) is 4.75. The Bertz CT molecular complexity index is 680. The monoisotopic (exact) mass is 307 g/mol. The summed E-state index contributed by atoms with van der Waals surface area (Å²) in [5.74, 6) is -2.56. The maximum Gasteiger partial charge on any atom is 0.259 e. The minimum absolute atomic E-state index is 0.206. The number of hydrogen-bond acceptors (Lipinski definition) is 3. The second kappa shape index (κ2) is 5.75. The van der Waals surface area contributed by atoms with Crippen LogP contribution in [0, 0.1) is 11.6 Å². The van der Waals surface area contributed by atoms with Crippen molar-refractivity contribution in [3.8, 4) is 5.75 Å². The molecule has 1 aromatic heterocycles. The molecule has 2 heterocycles. The van der Waals surface area contributed by atoms with Crippen LogP contribution < -0.4 is 0 Å². The first-order valence-electron chi connectivity index (χ1n) is 7.03. The smallest absolute Gasteiger partial charge is 0.259 e. The Morgan fingerprint density at radius 1 is 1.32 bits per heavy atom. The number of amides is 1. The number of halogens is 2. The van der Waals surface area contributed by atoms with Gasteiger partial charge >= 0.3 is 0 Å². The lowest BCUT2D eigenvalue weighted by Gasteiger charge is -2.31. The van der Waals surface area contributed by atoms with E-state index >= 15 is 0 Å². The number of likely N-dealkylation sites (tertiary alicyclic amines) is 1. The molecule has 7 heteroatoms. The fourth-order valence-corrected chi connectivity index (χ4v) is 2.75. The third kappa shape index (κ3) is 2.54. The van der Waals surface area contributed by atoms with Crippen molar-refractivity contribution in [2.75, 3.05) is 13.1 Å². The van der Waals surface area contributed by atoms with Gasteiger partial charge in [-0.15, -0.1) is 0 Å². The fraction of sp³-hybridized carbons (Fsp3) is 0.333. The summed E-state index contributed by atoms with van der Waals surface area (Å²) in [6.45, 7) is 0.775. The summed E-state index contributed by atoms with van der Waals surface area (Å²) >= 11 is 0. The van der Waals surface area contributed by atoms with Gasteiger partial charge < -0.3 is 15.0 Å². The Morgan fingerprint density at radius 3 is 2.68 bits per heavy atom. The molecule has 0 unspecified atom stereocenters. The van der Waals surface area contributed by atoms with E-state index in [-0.39, 0.29) is 5.92 Å². The Balaban J connectivity index is 1.74.